The topological polar surface area (TPSA) is 345 Å². The monoisotopic (exact) mass is 1220 g/mol. The van der Waals surface area contributed by atoms with Crippen LogP contribution in [0.1, 0.15) is 77.6 Å². The van der Waals surface area contributed by atoms with Crippen molar-refractivity contribution in [3.63, 3.8) is 0 Å². The van der Waals surface area contributed by atoms with Crippen LogP contribution in [0.5, 0.6) is 0 Å². The van der Waals surface area contributed by atoms with Crippen LogP contribution in [0.15, 0.2) is 48.0 Å². The number of anilines is 1. The first-order valence-corrected chi connectivity index (χ1v) is 29.9. The molecule has 28 nitrogen and oxygen atoms in total. The molecule has 0 fully saturated rings. The summed E-state index contributed by atoms with van der Waals surface area (Å²) in [7, 11) is -3.47. The number of nitrogens with one attached hydrogen (secondary N) is 5. The number of carbonyl (C=O) groups excluding carboxylic acids is 6. The molecule has 2 heterocycles. The predicted molar refractivity (Wildman–Crippen MR) is 307 cm³/mol. The van der Waals surface area contributed by atoms with E-state index in [1.807, 2.05) is 0 Å². The van der Waals surface area contributed by atoms with Crippen molar-refractivity contribution in [1.29, 1.82) is 0 Å². The van der Waals surface area contributed by atoms with Gasteiger partial charge in [-0.25, -0.2) is 23.1 Å². The van der Waals surface area contributed by atoms with Crippen LogP contribution in [0.3, 0.4) is 0 Å². The molecular formula is C56H86N10O18S. The van der Waals surface area contributed by atoms with E-state index in [4.69, 9.17) is 47.4 Å². The number of carbonyl (C=O) groups is 6. The van der Waals surface area contributed by atoms with Gasteiger partial charge in [-0.15, -0.1) is 5.10 Å². The molecule has 2 atom stereocenters. The Morgan fingerprint density at radius 1 is 0.647 bits per heavy atom. The van der Waals surface area contributed by atoms with E-state index < -0.39 is 57.6 Å². The highest BCUT2D eigenvalue weighted by Gasteiger charge is 2.28. The van der Waals surface area contributed by atoms with Gasteiger partial charge >= 0.3 is 5.97 Å². The van der Waals surface area contributed by atoms with E-state index in [9.17, 15) is 37.2 Å². The van der Waals surface area contributed by atoms with E-state index in [-0.39, 0.29) is 62.3 Å². The summed E-state index contributed by atoms with van der Waals surface area (Å²) in [4.78, 5) is 82.5. The lowest BCUT2D eigenvalue weighted by Gasteiger charge is -2.23. The number of unbranched alkanes of at least 4 members (excludes halogenated alkanes) is 1. The second kappa shape index (κ2) is 42.3. The van der Waals surface area contributed by atoms with Crippen molar-refractivity contribution in [1.82, 2.24) is 46.2 Å². The normalized spacial score (nSPS) is 12.2. The molecule has 3 rings (SSSR count). The fourth-order valence-electron chi connectivity index (χ4n) is 6.65. The number of amides is 5. The number of sulfone groups is 1. The summed E-state index contributed by atoms with van der Waals surface area (Å²) >= 11 is 0. The molecule has 0 saturated heterocycles. The summed E-state index contributed by atoms with van der Waals surface area (Å²) in [6, 6.07) is 4.85. The van der Waals surface area contributed by atoms with Crippen molar-refractivity contribution >= 4 is 51.0 Å². The van der Waals surface area contributed by atoms with Crippen molar-refractivity contribution in [2.45, 2.75) is 97.7 Å². The molecule has 5 amide bonds. The minimum Gasteiger partial charge on any atom is -0.460 e. The fraction of sp³-hybridized carbons (Fsp3) is 0.643. The van der Waals surface area contributed by atoms with Gasteiger partial charge in [0, 0.05) is 43.7 Å². The molecule has 0 unspecified atom stereocenters. The first kappa shape index (κ1) is 72.7. The Bertz CT molecular complexity index is 2610. The van der Waals surface area contributed by atoms with Crippen LogP contribution in [0.25, 0.3) is 0 Å². The third-order valence-electron chi connectivity index (χ3n) is 11.3. The molecule has 0 aliphatic rings. The standard InChI is InChI=1S/C56H86N10O18S/c1-42(2)51(53(71)61-43(3)52(70)62-46-15-13-44(14-16-46)39-84-54(72)56(4,5)6)63-50(69)41-83-40-49(68)57-17-19-75-21-23-77-25-27-79-29-31-81-33-34-82-32-30-80-28-26-78-24-22-76-20-18-66-38-47(64-65-66)37-58-48(67)12-10-8-9-11-45-35-59-55(60-36-45)85(7,73)74/h13-16,35-36,38,42-43,51H,8,10,12,17-34,37,39-41H2,1-7H3,(H,57,68)(H,58,67)(H,61,71)(H,62,70)(H,63,69)/t43-,51-/m0/s1. The van der Waals surface area contributed by atoms with Crippen LogP contribution in [0, 0.1) is 23.2 Å². The maximum atomic E-state index is 13.1. The molecule has 0 radical (unpaired) electrons. The zero-order chi connectivity index (χ0) is 62.1. The summed E-state index contributed by atoms with van der Waals surface area (Å²) in [5.41, 5.74) is 1.72. The number of aromatic nitrogens is 5. The lowest BCUT2D eigenvalue weighted by atomic mass is 9.97. The number of hydrogen-bond donors (Lipinski definition) is 5. The minimum absolute atomic E-state index is 0.0941. The van der Waals surface area contributed by atoms with Gasteiger partial charge in [0.2, 0.25) is 44.5 Å². The number of hydrogen-bond acceptors (Lipinski definition) is 22. The summed E-state index contributed by atoms with van der Waals surface area (Å²) < 4.78 is 79.2. The largest absolute Gasteiger partial charge is 0.460 e. The predicted octanol–water partition coefficient (Wildman–Crippen LogP) is 0.949. The zero-order valence-electron chi connectivity index (χ0n) is 49.9. The van der Waals surface area contributed by atoms with Crippen LogP contribution in [-0.2, 0) is 106 Å². The van der Waals surface area contributed by atoms with Gasteiger partial charge in [-0.05, 0) is 57.7 Å². The van der Waals surface area contributed by atoms with Crippen LogP contribution in [0.4, 0.5) is 5.69 Å². The quantitative estimate of drug-likeness (QED) is 0.0228. The number of ether oxygens (including phenoxy) is 10. The van der Waals surface area contributed by atoms with Gasteiger partial charge < -0.3 is 74.0 Å². The van der Waals surface area contributed by atoms with E-state index in [2.05, 4.69) is 58.7 Å². The van der Waals surface area contributed by atoms with E-state index in [1.165, 1.54) is 19.3 Å². The molecule has 5 N–H and O–H groups in total. The van der Waals surface area contributed by atoms with E-state index in [0.717, 1.165) is 11.8 Å². The first-order valence-electron chi connectivity index (χ1n) is 28.0. The average molecular weight is 1220 g/mol. The third kappa shape index (κ3) is 34.8. The van der Waals surface area contributed by atoms with Crippen LogP contribution in [0.2, 0.25) is 0 Å². The summed E-state index contributed by atoms with van der Waals surface area (Å²) in [6.45, 7) is 16.7. The highest BCUT2D eigenvalue weighted by Crippen LogP contribution is 2.18. The fourth-order valence-corrected chi connectivity index (χ4v) is 7.14. The second-order valence-electron chi connectivity index (χ2n) is 20.2. The Labute approximate surface area is 497 Å². The summed E-state index contributed by atoms with van der Waals surface area (Å²) in [5, 5.41) is 21.3. The molecule has 0 aliphatic carbocycles. The van der Waals surface area contributed by atoms with Crippen LogP contribution in [-0.4, -0.2) is 213 Å². The van der Waals surface area contributed by atoms with Gasteiger partial charge in [-0.2, -0.15) is 0 Å². The number of rotatable bonds is 45. The van der Waals surface area contributed by atoms with Crippen molar-refractivity contribution in [3.8, 4) is 11.8 Å². The molecule has 0 spiro atoms. The first-order chi connectivity index (χ1) is 40.7. The Morgan fingerprint density at radius 2 is 1.18 bits per heavy atom. The average Bonchev–Trinajstić information content (AvgIpc) is 4.12. The Balaban J connectivity index is 1.02. The smallest absolute Gasteiger partial charge is 0.311 e. The van der Waals surface area contributed by atoms with Crippen molar-refractivity contribution in [2.75, 3.05) is 137 Å². The maximum absolute atomic E-state index is 13.1. The van der Waals surface area contributed by atoms with Crippen LogP contribution >= 0.6 is 0 Å². The van der Waals surface area contributed by atoms with Gasteiger partial charge in [-0.1, -0.05) is 43.0 Å². The molecular weight excluding hydrogens is 1130 g/mol. The molecule has 0 saturated carbocycles. The van der Waals surface area contributed by atoms with Crippen LogP contribution < -0.4 is 26.6 Å². The lowest BCUT2D eigenvalue weighted by Crippen LogP contribution is -2.54. The van der Waals surface area contributed by atoms with Gasteiger partial charge in [0.15, 0.2) is 0 Å². The third-order valence-corrected chi connectivity index (χ3v) is 12.2. The highest BCUT2D eigenvalue weighted by molar-refractivity contribution is 7.90. The molecule has 0 bridgehead atoms. The molecule has 85 heavy (non-hydrogen) atoms. The summed E-state index contributed by atoms with van der Waals surface area (Å²) in [5.74, 6) is 2.89. The maximum Gasteiger partial charge on any atom is 0.311 e. The van der Waals surface area contributed by atoms with E-state index in [0.29, 0.717) is 135 Å². The Morgan fingerprint density at radius 3 is 1.71 bits per heavy atom. The lowest BCUT2D eigenvalue weighted by molar-refractivity contribution is -0.154. The molecule has 3 aromatic rings. The van der Waals surface area contributed by atoms with Crippen molar-refractivity contribution in [2.24, 2.45) is 11.3 Å². The second-order valence-corrected chi connectivity index (χ2v) is 22.1. The van der Waals surface area contributed by atoms with Gasteiger partial charge in [0.05, 0.1) is 136 Å². The van der Waals surface area contributed by atoms with E-state index >= 15 is 0 Å². The zero-order valence-corrected chi connectivity index (χ0v) is 50.8. The number of esters is 1. The van der Waals surface area contributed by atoms with E-state index in [1.54, 1.807) is 69.8 Å². The van der Waals surface area contributed by atoms with Crippen molar-refractivity contribution in [3.05, 3.63) is 59.7 Å². The Kier molecular flexibility index (Phi) is 36.1. The molecule has 0 aliphatic heterocycles. The highest BCUT2D eigenvalue weighted by atomic mass is 32.2. The SMILES string of the molecule is CC(C)[C@H](NC(=O)COCC(=O)NCCOCCOCCOCCOCCOCCOCCOCCOCCn1cc(CNC(=O)CCCC#Cc2cnc(S(C)(=O)=O)nc2)nn1)C(=O)N[C@@H](C)C(=O)Nc1ccc(COC(=O)C(C)(C)C)cc1. The Hall–Kier alpha value is -6.59. The van der Waals surface area contributed by atoms with Gasteiger partial charge in [0.25, 0.3) is 0 Å². The molecule has 1 aromatic carbocycles. The molecule has 2 aromatic heterocycles. The number of nitrogens with zero attached hydrogens (tertiary/aromatic N) is 5. The molecule has 29 heteroatoms. The van der Waals surface area contributed by atoms with Gasteiger partial charge in [-0.3, -0.25) is 28.8 Å². The van der Waals surface area contributed by atoms with Crippen molar-refractivity contribution < 1.29 is 84.6 Å². The van der Waals surface area contributed by atoms with Gasteiger partial charge in [0.1, 0.15) is 37.6 Å². The molecule has 474 valence electrons. The summed E-state index contributed by atoms with van der Waals surface area (Å²) in [6.07, 6.45) is 6.79. The minimum atomic E-state index is -3.47. The number of benzene rings is 1.